The van der Waals surface area contributed by atoms with Crippen molar-refractivity contribution in [2.45, 2.75) is 96.9 Å². The van der Waals surface area contributed by atoms with Crippen LogP contribution in [0.3, 0.4) is 0 Å². The van der Waals surface area contributed by atoms with Gasteiger partial charge < -0.3 is 9.30 Å². The number of fused-ring (bicyclic) bond motifs is 2. The summed E-state index contributed by atoms with van der Waals surface area (Å²) in [5.41, 5.74) is 1.19. The van der Waals surface area contributed by atoms with Crippen molar-refractivity contribution in [3.8, 4) is 0 Å². The Morgan fingerprint density at radius 2 is 1.82 bits per heavy atom. The molecule has 0 bridgehead atoms. The maximum atomic E-state index is 13.7. The molecular weight excluding hydrogens is 492 g/mol. The van der Waals surface area contributed by atoms with E-state index in [9.17, 15) is 14.4 Å². The molecule has 8 heteroatoms. The number of esters is 1. The van der Waals surface area contributed by atoms with Crippen LogP contribution in [0, 0.1) is 11.8 Å². The summed E-state index contributed by atoms with van der Waals surface area (Å²) in [6, 6.07) is 6.95. The molecule has 0 radical (unpaired) electrons. The molecule has 0 aliphatic heterocycles. The van der Waals surface area contributed by atoms with Gasteiger partial charge >= 0.3 is 5.97 Å². The van der Waals surface area contributed by atoms with Crippen LogP contribution < -0.4 is 11.0 Å². The first-order chi connectivity index (χ1) is 19.0. The van der Waals surface area contributed by atoms with Crippen molar-refractivity contribution in [2.75, 3.05) is 6.61 Å². The number of amides is 1. The van der Waals surface area contributed by atoms with Crippen LogP contribution in [-0.4, -0.2) is 32.4 Å². The molecular formula is C31H40N4O4. The van der Waals surface area contributed by atoms with E-state index in [4.69, 9.17) is 9.72 Å². The number of carbonyl (C=O) groups excluding carboxylic acids is 2. The Labute approximate surface area is 229 Å². The van der Waals surface area contributed by atoms with Crippen LogP contribution in [0.4, 0.5) is 0 Å². The van der Waals surface area contributed by atoms with E-state index in [-0.39, 0.29) is 41.1 Å². The summed E-state index contributed by atoms with van der Waals surface area (Å²) in [6.07, 6.45) is 14.0. The van der Waals surface area contributed by atoms with Crippen LogP contribution in [0.2, 0.25) is 0 Å². The summed E-state index contributed by atoms with van der Waals surface area (Å²) in [7, 11) is 0. The second kappa shape index (κ2) is 12.3. The number of ether oxygens (including phenoxy) is 1. The highest BCUT2D eigenvalue weighted by atomic mass is 16.5. The Morgan fingerprint density at radius 3 is 2.54 bits per heavy atom. The number of unbranched alkanes of at least 4 members (excludes halogenated alkanes) is 1. The lowest BCUT2D eigenvalue weighted by molar-refractivity contribution is -0.123. The largest absolute Gasteiger partial charge is 0.462 e. The van der Waals surface area contributed by atoms with Crippen molar-refractivity contribution in [3.63, 3.8) is 0 Å². The molecule has 208 valence electrons. The number of carbonyl (C=O) groups is 2. The molecule has 2 aliphatic carbocycles. The van der Waals surface area contributed by atoms with Gasteiger partial charge in [0.05, 0.1) is 12.0 Å². The molecule has 0 aromatic carbocycles. The number of pyridine rings is 2. The maximum absolute atomic E-state index is 13.7. The van der Waals surface area contributed by atoms with E-state index in [0.29, 0.717) is 22.6 Å². The highest BCUT2D eigenvalue weighted by Gasteiger charge is 2.29. The quantitative estimate of drug-likeness (QED) is 0.285. The van der Waals surface area contributed by atoms with Gasteiger partial charge in [-0.05, 0) is 69.6 Å². The molecule has 8 nitrogen and oxygen atoms in total. The average Bonchev–Trinajstić information content (AvgIpc) is 2.96. The van der Waals surface area contributed by atoms with E-state index in [1.165, 1.54) is 29.7 Å². The first kappa shape index (κ1) is 27.3. The highest BCUT2D eigenvalue weighted by molar-refractivity contribution is 5.94. The Hall–Kier alpha value is -3.29. The second-order valence-corrected chi connectivity index (χ2v) is 11.2. The fraction of sp³-hybridized carbons (Fsp3) is 0.581. The third-order valence-corrected chi connectivity index (χ3v) is 8.55. The molecule has 2 saturated carbocycles. The van der Waals surface area contributed by atoms with Gasteiger partial charge in [0.1, 0.15) is 16.9 Å². The van der Waals surface area contributed by atoms with E-state index in [1.54, 1.807) is 25.3 Å². The zero-order chi connectivity index (χ0) is 27.4. The normalized spacial score (nSPS) is 20.9. The number of nitrogens with zero attached hydrogens (tertiary/aromatic N) is 4. The van der Waals surface area contributed by atoms with Gasteiger partial charge in [0.15, 0.2) is 5.49 Å². The molecule has 3 aromatic heterocycles. The van der Waals surface area contributed by atoms with Crippen LogP contribution >= 0.6 is 0 Å². The fourth-order valence-corrected chi connectivity index (χ4v) is 6.38. The van der Waals surface area contributed by atoms with Crippen LogP contribution in [0.15, 0.2) is 40.2 Å². The minimum atomic E-state index is -0.573. The Kier molecular flexibility index (Phi) is 8.58. The smallest absolute Gasteiger partial charge is 0.341 e. The van der Waals surface area contributed by atoms with Gasteiger partial charge in [-0.3, -0.25) is 14.0 Å². The molecule has 0 N–H and O–H groups in total. The maximum Gasteiger partial charge on any atom is 0.341 e. The van der Waals surface area contributed by atoms with Crippen molar-refractivity contribution in [1.82, 2.24) is 14.0 Å². The van der Waals surface area contributed by atoms with Crippen LogP contribution in [0.1, 0.15) is 107 Å². The molecule has 1 amide bonds. The van der Waals surface area contributed by atoms with Gasteiger partial charge in [-0.25, -0.2) is 9.78 Å². The molecule has 5 rings (SSSR count). The molecule has 3 aromatic rings. The second-order valence-electron chi connectivity index (χ2n) is 11.2. The minimum absolute atomic E-state index is 0.00924. The molecule has 2 fully saturated rings. The lowest BCUT2D eigenvalue weighted by atomic mass is 9.79. The van der Waals surface area contributed by atoms with Crippen molar-refractivity contribution in [3.05, 3.63) is 51.9 Å². The number of hydrogen-bond donors (Lipinski definition) is 0. The van der Waals surface area contributed by atoms with E-state index >= 15 is 0 Å². The standard InChI is InChI=1S/C31H40N4O4/c1-3-5-11-21-15-17-22(18-16-21)29(36)33-28-25(31(38)39-4-2)20-24-27(35(28)23-12-7-6-8-13-23)32-26-14-9-10-19-34(26)30(24)37/h9-10,14,19-23H,3-8,11-13,15-18H2,1-2H3. The van der Waals surface area contributed by atoms with Crippen LogP contribution in [-0.2, 0) is 9.53 Å². The van der Waals surface area contributed by atoms with Crippen molar-refractivity contribution >= 4 is 28.6 Å². The first-order valence-corrected chi connectivity index (χ1v) is 14.8. The zero-order valence-corrected chi connectivity index (χ0v) is 23.2. The number of rotatable bonds is 7. The molecule has 0 unspecified atom stereocenters. The Bertz CT molecular complexity index is 1470. The van der Waals surface area contributed by atoms with Gasteiger partial charge in [-0.2, -0.15) is 4.99 Å². The highest BCUT2D eigenvalue weighted by Crippen LogP contribution is 2.33. The molecule has 0 saturated heterocycles. The third-order valence-electron chi connectivity index (χ3n) is 8.55. The van der Waals surface area contributed by atoms with Crippen molar-refractivity contribution in [2.24, 2.45) is 16.8 Å². The monoisotopic (exact) mass is 532 g/mol. The molecule has 0 spiro atoms. The Balaban J connectivity index is 1.69. The predicted molar refractivity (Wildman–Crippen MR) is 151 cm³/mol. The topological polar surface area (TPSA) is 95.0 Å². The summed E-state index contributed by atoms with van der Waals surface area (Å²) in [5, 5.41) is 0.329. The predicted octanol–water partition coefficient (Wildman–Crippen LogP) is 5.76. The van der Waals surface area contributed by atoms with Gasteiger partial charge in [-0.1, -0.05) is 51.5 Å². The van der Waals surface area contributed by atoms with Gasteiger partial charge in [0, 0.05) is 18.2 Å². The molecule has 2 aliphatic rings. The molecule has 0 atom stereocenters. The van der Waals surface area contributed by atoms with Crippen molar-refractivity contribution in [1.29, 1.82) is 0 Å². The van der Waals surface area contributed by atoms with Crippen LogP contribution in [0.25, 0.3) is 16.7 Å². The zero-order valence-electron chi connectivity index (χ0n) is 23.2. The third kappa shape index (κ3) is 5.70. The van der Waals surface area contributed by atoms with E-state index in [2.05, 4.69) is 11.9 Å². The van der Waals surface area contributed by atoms with Crippen LogP contribution in [0.5, 0.6) is 0 Å². The summed E-state index contributed by atoms with van der Waals surface area (Å²) in [6.45, 7) is 4.15. The Morgan fingerprint density at radius 1 is 1.05 bits per heavy atom. The molecule has 3 heterocycles. The van der Waals surface area contributed by atoms with E-state index in [0.717, 1.165) is 57.8 Å². The summed E-state index contributed by atoms with van der Waals surface area (Å²) in [5.74, 6) is -0.224. The summed E-state index contributed by atoms with van der Waals surface area (Å²) in [4.78, 5) is 50.1. The average molecular weight is 533 g/mol. The number of hydrogen-bond acceptors (Lipinski definition) is 5. The lowest BCUT2D eigenvalue weighted by Gasteiger charge is -2.28. The fourth-order valence-electron chi connectivity index (χ4n) is 6.38. The van der Waals surface area contributed by atoms with Crippen molar-refractivity contribution < 1.29 is 14.3 Å². The lowest BCUT2D eigenvalue weighted by Crippen LogP contribution is -2.36. The molecule has 39 heavy (non-hydrogen) atoms. The van der Waals surface area contributed by atoms with Gasteiger partial charge in [0.2, 0.25) is 0 Å². The SMILES string of the molecule is CCCCC1CCC(C(=O)N=c2c(C(=O)OCC)cc3c(=O)n4ccccc4nc3n2C2CCCCC2)CC1. The minimum Gasteiger partial charge on any atom is -0.462 e. The first-order valence-electron chi connectivity index (χ1n) is 14.8. The van der Waals surface area contributed by atoms with Gasteiger partial charge in [0.25, 0.3) is 11.5 Å². The van der Waals surface area contributed by atoms with E-state index < -0.39 is 5.97 Å². The number of aromatic nitrogens is 3. The van der Waals surface area contributed by atoms with Gasteiger partial charge in [-0.15, -0.1) is 0 Å². The summed E-state index contributed by atoms with van der Waals surface area (Å²) >= 11 is 0. The summed E-state index contributed by atoms with van der Waals surface area (Å²) < 4.78 is 8.82. The van der Waals surface area contributed by atoms with E-state index in [1.807, 2.05) is 10.6 Å².